The lowest BCUT2D eigenvalue weighted by Crippen LogP contribution is -2.47. The van der Waals surface area contributed by atoms with Crippen molar-refractivity contribution in [1.82, 2.24) is 5.32 Å². The van der Waals surface area contributed by atoms with Crippen LogP contribution in [0.3, 0.4) is 0 Å². The summed E-state index contributed by atoms with van der Waals surface area (Å²) >= 11 is 5.92. The summed E-state index contributed by atoms with van der Waals surface area (Å²) in [6.45, 7) is 5.33. The van der Waals surface area contributed by atoms with Crippen LogP contribution in [0.4, 0.5) is 0 Å². The summed E-state index contributed by atoms with van der Waals surface area (Å²) in [5, 5.41) is 4.28. The molecular formula is C14H20ClNO. The van der Waals surface area contributed by atoms with E-state index in [2.05, 4.69) is 12.2 Å². The van der Waals surface area contributed by atoms with E-state index in [-0.39, 0.29) is 0 Å². The van der Waals surface area contributed by atoms with Gasteiger partial charge in [-0.15, -0.1) is 0 Å². The summed E-state index contributed by atoms with van der Waals surface area (Å²) in [6.07, 6.45) is 3.78. The summed E-state index contributed by atoms with van der Waals surface area (Å²) in [6, 6.07) is 6.44. The Kier molecular flexibility index (Phi) is 4.30. The molecule has 17 heavy (non-hydrogen) atoms. The highest BCUT2D eigenvalue weighted by Gasteiger charge is 2.30. The largest absolute Gasteiger partial charge is 0.490 e. The fourth-order valence-corrected chi connectivity index (χ4v) is 2.33. The summed E-state index contributed by atoms with van der Waals surface area (Å²) in [7, 11) is 0. The van der Waals surface area contributed by atoms with Crippen molar-refractivity contribution < 1.29 is 4.74 Å². The van der Waals surface area contributed by atoms with E-state index >= 15 is 0 Å². The molecule has 0 radical (unpaired) electrons. The van der Waals surface area contributed by atoms with Gasteiger partial charge < -0.3 is 10.1 Å². The number of rotatable bonds is 5. The molecule has 0 heterocycles. The Labute approximate surface area is 108 Å². The fraction of sp³-hybridized carbons (Fsp3) is 0.571. The fourth-order valence-electron chi connectivity index (χ4n) is 2.10. The van der Waals surface area contributed by atoms with Gasteiger partial charge in [-0.1, -0.05) is 18.5 Å². The predicted octanol–water partition coefficient (Wildman–Crippen LogP) is 3.56. The molecule has 0 saturated heterocycles. The van der Waals surface area contributed by atoms with Crippen molar-refractivity contribution in [3.05, 3.63) is 28.8 Å². The Balaban J connectivity index is 1.79. The average Bonchev–Trinajstić information content (AvgIpc) is 2.24. The van der Waals surface area contributed by atoms with Gasteiger partial charge in [0.1, 0.15) is 11.9 Å². The highest BCUT2D eigenvalue weighted by molar-refractivity contribution is 6.30. The minimum absolute atomic E-state index is 0.365. The molecule has 1 aliphatic carbocycles. The van der Waals surface area contributed by atoms with Crippen LogP contribution in [-0.4, -0.2) is 18.7 Å². The van der Waals surface area contributed by atoms with Crippen LogP contribution in [0, 0.1) is 6.92 Å². The first kappa shape index (κ1) is 12.7. The number of ether oxygens (including phenoxy) is 1. The van der Waals surface area contributed by atoms with E-state index < -0.39 is 0 Å². The summed E-state index contributed by atoms with van der Waals surface area (Å²) in [4.78, 5) is 0. The van der Waals surface area contributed by atoms with Gasteiger partial charge in [0.05, 0.1) is 0 Å². The number of benzene rings is 1. The van der Waals surface area contributed by atoms with E-state index in [4.69, 9.17) is 16.3 Å². The van der Waals surface area contributed by atoms with Crippen LogP contribution in [0.1, 0.15) is 31.7 Å². The highest BCUT2D eigenvalue weighted by atomic mass is 35.5. The van der Waals surface area contributed by atoms with E-state index in [0.717, 1.165) is 35.7 Å². The van der Waals surface area contributed by atoms with Gasteiger partial charge in [-0.2, -0.15) is 0 Å². The van der Waals surface area contributed by atoms with Crippen molar-refractivity contribution in [3.8, 4) is 5.75 Å². The molecule has 1 N–H and O–H groups in total. The first-order valence-electron chi connectivity index (χ1n) is 6.35. The van der Waals surface area contributed by atoms with E-state index in [0.29, 0.717) is 12.1 Å². The molecule has 0 atom stereocenters. The van der Waals surface area contributed by atoms with Gasteiger partial charge in [0, 0.05) is 11.1 Å². The molecule has 1 aliphatic rings. The molecule has 1 aromatic rings. The first-order chi connectivity index (χ1) is 8.19. The monoisotopic (exact) mass is 253 g/mol. The van der Waals surface area contributed by atoms with Crippen molar-refractivity contribution in [2.75, 3.05) is 6.54 Å². The molecule has 2 rings (SSSR count). The van der Waals surface area contributed by atoms with Gasteiger partial charge in [0.2, 0.25) is 0 Å². The smallest absolute Gasteiger partial charge is 0.122 e. The average molecular weight is 254 g/mol. The van der Waals surface area contributed by atoms with Crippen molar-refractivity contribution >= 4 is 11.6 Å². The lowest BCUT2D eigenvalue weighted by molar-refractivity contribution is 0.0846. The SMILES string of the molecule is CCCNC1CC(Oc2ccc(Cl)cc2C)C1. The zero-order valence-corrected chi connectivity index (χ0v) is 11.3. The van der Waals surface area contributed by atoms with E-state index in [9.17, 15) is 0 Å². The second-order valence-corrected chi connectivity index (χ2v) is 5.21. The van der Waals surface area contributed by atoms with Gasteiger partial charge in [-0.25, -0.2) is 0 Å². The van der Waals surface area contributed by atoms with E-state index in [1.165, 1.54) is 6.42 Å². The number of halogens is 1. The molecule has 0 amide bonds. The first-order valence-corrected chi connectivity index (χ1v) is 6.73. The van der Waals surface area contributed by atoms with Gasteiger partial charge >= 0.3 is 0 Å². The van der Waals surface area contributed by atoms with Crippen LogP contribution in [0.5, 0.6) is 5.75 Å². The Hall–Kier alpha value is -0.730. The quantitative estimate of drug-likeness (QED) is 0.867. The topological polar surface area (TPSA) is 21.3 Å². The zero-order valence-electron chi connectivity index (χ0n) is 10.5. The number of nitrogens with one attached hydrogen (secondary N) is 1. The molecule has 2 nitrogen and oxygen atoms in total. The summed E-state index contributed by atoms with van der Waals surface area (Å²) < 4.78 is 5.95. The third-order valence-electron chi connectivity index (χ3n) is 3.21. The minimum Gasteiger partial charge on any atom is -0.490 e. The zero-order chi connectivity index (χ0) is 12.3. The number of aryl methyl sites for hydroxylation is 1. The van der Waals surface area contributed by atoms with Crippen molar-refractivity contribution in [1.29, 1.82) is 0 Å². The molecular weight excluding hydrogens is 234 g/mol. The maximum Gasteiger partial charge on any atom is 0.122 e. The van der Waals surface area contributed by atoms with Crippen molar-refractivity contribution in [2.24, 2.45) is 0 Å². The molecule has 1 aromatic carbocycles. The lowest BCUT2D eigenvalue weighted by atomic mass is 9.89. The minimum atomic E-state index is 0.365. The van der Waals surface area contributed by atoms with Crippen LogP contribution >= 0.6 is 11.6 Å². The van der Waals surface area contributed by atoms with E-state index in [1.807, 2.05) is 25.1 Å². The van der Waals surface area contributed by atoms with Crippen LogP contribution in [-0.2, 0) is 0 Å². The van der Waals surface area contributed by atoms with Crippen molar-refractivity contribution in [3.63, 3.8) is 0 Å². The summed E-state index contributed by atoms with van der Waals surface area (Å²) in [5.74, 6) is 0.966. The molecule has 1 saturated carbocycles. The molecule has 1 fully saturated rings. The molecule has 94 valence electrons. The van der Waals surface area contributed by atoms with Crippen LogP contribution < -0.4 is 10.1 Å². The van der Waals surface area contributed by atoms with Crippen LogP contribution in [0.15, 0.2) is 18.2 Å². The highest BCUT2D eigenvalue weighted by Crippen LogP contribution is 2.29. The molecule has 0 bridgehead atoms. The predicted molar refractivity (Wildman–Crippen MR) is 71.9 cm³/mol. The van der Waals surface area contributed by atoms with Crippen LogP contribution in [0.25, 0.3) is 0 Å². The maximum atomic E-state index is 5.95. The van der Waals surface area contributed by atoms with Gasteiger partial charge in [0.25, 0.3) is 0 Å². The Morgan fingerprint density at radius 2 is 2.18 bits per heavy atom. The lowest BCUT2D eigenvalue weighted by Gasteiger charge is -2.36. The van der Waals surface area contributed by atoms with Crippen molar-refractivity contribution in [2.45, 2.75) is 45.3 Å². The Bertz CT molecular complexity index is 374. The molecule has 0 aliphatic heterocycles. The Morgan fingerprint density at radius 3 is 2.82 bits per heavy atom. The van der Waals surface area contributed by atoms with Gasteiger partial charge in [0.15, 0.2) is 0 Å². The third-order valence-corrected chi connectivity index (χ3v) is 3.44. The van der Waals surface area contributed by atoms with Gasteiger partial charge in [-0.3, -0.25) is 0 Å². The standard InChI is InChI=1S/C14H20ClNO/c1-3-6-16-12-8-13(9-12)17-14-5-4-11(15)7-10(14)2/h4-5,7,12-13,16H,3,6,8-9H2,1-2H3. The summed E-state index contributed by atoms with van der Waals surface area (Å²) in [5.41, 5.74) is 1.11. The third kappa shape index (κ3) is 3.36. The second kappa shape index (κ2) is 5.74. The number of hydrogen-bond acceptors (Lipinski definition) is 2. The molecule has 0 unspecified atom stereocenters. The van der Waals surface area contributed by atoms with E-state index in [1.54, 1.807) is 0 Å². The molecule has 3 heteroatoms. The molecule has 0 spiro atoms. The Morgan fingerprint density at radius 1 is 1.41 bits per heavy atom. The van der Waals surface area contributed by atoms with Gasteiger partial charge in [-0.05, 0) is 56.5 Å². The van der Waals surface area contributed by atoms with Crippen LogP contribution in [0.2, 0.25) is 5.02 Å². The number of hydrogen-bond donors (Lipinski definition) is 1. The molecule has 0 aromatic heterocycles. The second-order valence-electron chi connectivity index (χ2n) is 4.77. The maximum absolute atomic E-state index is 5.95. The normalized spacial score (nSPS) is 23.2.